The van der Waals surface area contributed by atoms with Crippen molar-refractivity contribution < 1.29 is 14.3 Å². The van der Waals surface area contributed by atoms with Crippen LogP contribution in [0.1, 0.15) is 55.0 Å². The number of hydrogen-bond donors (Lipinski definition) is 1. The second kappa shape index (κ2) is 8.04. The van der Waals surface area contributed by atoms with Gasteiger partial charge in [-0.05, 0) is 45.7 Å². The SMILES string of the molecule is CC(C)(C)OC(=O)N1CCC(c2nc(C(=O)Nc3cccnc3)cs2)CC1. The van der Waals surface area contributed by atoms with Crippen LogP contribution in [0.5, 0.6) is 0 Å². The number of piperidine rings is 1. The Morgan fingerprint density at radius 1 is 1.30 bits per heavy atom. The van der Waals surface area contributed by atoms with Crippen LogP contribution >= 0.6 is 11.3 Å². The number of carbonyl (C=O) groups excluding carboxylic acids is 2. The van der Waals surface area contributed by atoms with Crippen LogP contribution in [0.4, 0.5) is 10.5 Å². The molecule has 0 radical (unpaired) electrons. The lowest BCUT2D eigenvalue weighted by atomic mass is 9.98. The number of nitrogens with zero attached hydrogens (tertiary/aromatic N) is 3. The van der Waals surface area contributed by atoms with Crippen molar-refractivity contribution in [2.75, 3.05) is 18.4 Å². The lowest BCUT2D eigenvalue weighted by molar-refractivity contribution is 0.0205. The minimum absolute atomic E-state index is 0.239. The van der Waals surface area contributed by atoms with Crippen molar-refractivity contribution in [3.05, 3.63) is 40.6 Å². The number of nitrogens with one attached hydrogen (secondary N) is 1. The second-order valence-electron chi connectivity index (χ2n) is 7.51. The van der Waals surface area contributed by atoms with Gasteiger partial charge >= 0.3 is 6.09 Å². The number of hydrogen-bond acceptors (Lipinski definition) is 6. The average molecular weight is 388 g/mol. The largest absolute Gasteiger partial charge is 0.444 e. The van der Waals surface area contributed by atoms with Gasteiger partial charge in [-0.3, -0.25) is 9.78 Å². The first-order valence-electron chi connectivity index (χ1n) is 8.96. The van der Waals surface area contributed by atoms with Crippen molar-refractivity contribution >= 4 is 29.0 Å². The maximum Gasteiger partial charge on any atom is 0.410 e. The van der Waals surface area contributed by atoms with Crippen LogP contribution in [0.15, 0.2) is 29.9 Å². The van der Waals surface area contributed by atoms with E-state index in [2.05, 4.69) is 15.3 Å². The molecule has 27 heavy (non-hydrogen) atoms. The Balaban J connectivity index is 1.55. The summed E-state index contributed by atoms with van der Waals surface area (Å²) in [6, 6.07) is 3.55. The first-order valence-corrected chi connectivity index (χ1v) is 9.84. The highest BCUT2D eigenvalue weighted by Gasteiger charge is 2.29. The maximum absolute atomic E-state index is 12.3. The molecule has 2 aromatic rings. The number of rotatable bonds is 3. The van der Waals surface area contributed by atoms with Gasteiger partial charge in [0.2, 0.25) is 0 Å². The van der Waals surface area contributed by atoms with E-state index in [0.29, 0.717) is 24.5 Å². The molecule has 1 N–H and O–H groups in total. The quantitative estimate of drug-likeness (QED) is 0.862. The molecule has 3 rings (SSSR count). The Kier molecular flexibility index (Phi) is 5.74. The standard InChI is InChI=1S/C19H24N4O3S/c1-19(2,3)26-18(25)23-9-6-13(7-10-23)17-22-15(12-27-17)16(24)21-14-5-4-8-20-11-14/h4-5,8,11-13H,6-7,9-10H2,1-3H3,(H,21,24). The van der Waals surface area contributed by atoms with Gasteiger partial charge in [0, 0.05) is 30.6 Å². The number of thiazole rings is 1. The van der Waals surface area contributed by atoms with E-state index in [1.165, 1.54) is 11.3 Å². The van der Waals surface area contributed by atoms with Gasteiger partial charge < -0.3 is 15.0 Å². The highest BCUT2D eigenvalue weighted by molar-refractivity contribution is 7.10. The van der Waals surface area contributed by atoms with Gasteiger partial charge in [0.15, 0.2) is 0 Å². The molecule has 7 nitrogen and oxygen atoms in total. The van der Waals surface area contributed by atoms with Crippen LogP contribution in [0.2, 0.25) is 0 Å². The molecule has 1 saturated heterocycles. The fourth-order valence-corrected chi connectivity index (χ4v) is 3.82. The van der Waals surface area contributed by atoms with E-state index in [1.807, 2.05) is 20.8 Å². The third kappa shape index (κ3) is 5.26. The molecule has 144 valence electrons. The smallest absolute Gasteiger partial charge is 0.410 e. The Hall–Kier alpha value is -2.48. The summed E-state index contributed by atoms with van der Waals surface area (Å²) in [7, 11) is 0. The summed E-state index contributed by atoms with van der Waals surface area (Å²) >= 11 is 1.49. The fraction of sp³-hybridized carbons (Fsp3) is 0.474. The van der Waals surface area contributed by atoms with Gasteiger partial charge in [-0.25, -0.2) is 9.78 Å². The van der Waals surface area contributed by atoms with Crippen LogP contribution in [0, 0.1) is 0 Å². The molecule has 0 aliphatic carbocycles. The summed E-state index contributed by atoms with van der Waals surface area (Å²) in [4.78, 5) is 34.7. The minimum atomic E-state index is -0.486. The molecular formula is C19H24N4O3S. The van der Waals surface area contributed by atoms with E-state index in [1.54, 1.807) is 34.8 Å². The topological polar surface area (TPSA) is 84.4 Å². The second-order valence-corrected chi connectivity index (χ2v) is 8.40. The van der Waals surface area contributed by atoms with Crippen molar-refractivity contribution in [3.63, 3.8) is 0 Å². The van der Waals surface area contributed by atoms with Crippen molar-refractivity contribution in [2.45, 2.75) is 45.1 Å². The van der Waals surface area contributed by atoms with E-state index in [0.717, 1.165) is 17.8 Å². The number of anilines is 1. The molecule has 0 bridgehead atoms. The average Bonchev–Trinajstić information content (AvgIpc) is 3.11. The predicted octanol–water partition coefficient (Wildman–Crippen LogP) is 3.90. The van der Waals surface area contributed by atoms with E-state index in [4.69, 9.17) is 4.74 Å². The van der Waals surface area contributed by atoms with Crippen LogP contribution in [0.3, 0.4) is 0 Å². The van der Waals surface area contributed by atoms with E-state index >= 15 is 0 Å². The molecule has 3 heterocycles. The Morgan fingerprint density at radius 2 is 2.04 bits per heavy atom. The van der Waals surface area contributed by atoms with Crippen LogP contribution in [-0.4, -0.2) is 45.6 Å². The van der Waals surface area contributed by atoms with Crippen LogP contribution < -0.4 is 5.32 Å². The molecule has 0 spiro atoms. The number of aromatic nitrogens is 2. The molecule has 0 saturated carbocycles. The monoisotopic (exact) mass is 388 g/mol. The first kappa shape index (κ1) is 19.3. The van der Waals surface area contributed by atoms with Gasteiger partial charge in [-0.1, -0.05) is 0 Å². The Bertz CT molecular complexity index is 793. The fourth-order valence-electron chi connectivity index (χ4n) is 2.85. The van der Waals surface area contributed by atoms with Crippen LogP contribution in [0.25, 0.3) is 0 Å². The van der Waals surface area contributed by atoms with E-state index in [9.17, 15) is 9.59 Å². The highest BCUT2D eigenvalue weighted by Crippen LogP contribution is 2.31. The van der Waals surface area contributed by atoms with E-state index in [-0.39, 0.29) is 17.9 Å². The molecule has 1 fully saturated rings. The zero-order chi connectivity index (χ0) is 19.4. The zero-order valence-corrected chi connectivity index (χ0v) is 16.6. The lowest BCUT2D eigenvalue weighted by Gasteiger charge is -2.32. The number of pyridine rings is 1. The Labute approximate surface area is 162 Å². The third-order valence-corrected chi connectivity index (χ3v) is 5.18. The molecule has 2 amide bonds. The molecule has 8 heteroatoms. The summed E-state index contributed by atoms with van der Waals surface area (Å²) in [6.07, 6.45) is 4.61. The summed E-state index contributed by atoms with van der Waals surface area (Å²) in [5.74, 6) is 0.0188. The summed E-state index contributed by atoms with van der Waals surface area (Å²) in [5, 5.41) is 5.51. The Morgan fingerprint density at radius 3 is 2.67 bits per heavy atom. The first-order chi connectivity index (χ1) is 12.8. The predicted molar refractivity (Wildman–Crippen MR) is 104 cm³/mol. The number of ether oxygens (including phenoxy) is 1. The maximum atomic E-state index is 12.3. The van der Waals surface area contributed by atoms with Gasteiger partial charge in [0.05, 0.1) is 16.9 Å². The molecule has 0 atom stereocenters. The van der Waals surface area contributed by atoms with Crippen molar-refractivity contribution in [2.24, 2.45) is 0 Å². The van der Waals surface area contributed by atoms with Crippen LogP contribution in [-0.2, 0) is 4.74 Å². The molecule has 0 unspecified atom stereocenters. The van der Waals surface area contributed by atoms with E-state index < -0.39 is 5.60 Å². The lowest BCUT2D eigenvalue weighted by Crippen LogP contribution is -2.41. The highest BCUT2D eigenvalue weighted by atomic mass is 32.1. The molecule has 2 aromatic heterocycles. The molecule has 1 aliphatic rings. The summed E-state index contributed by atoms with van der Waals surface area (Å²) in [6.45, 7) is 6.87. The van der Waals surface area contributed by atoms with Crippen molar-refractivity contribution in [1.29, 1.82) is 0 Å². The van der Waals surface area contributed by atoms with Gasteiger partial charge in [0.1, 0.15) is 11.3 Å². The molecule has 1 aliphatic heterocycles. The minimum Gasteiger partial charge on any atom is -0.444 e. The normalized spacial score (nSPS) is 15.4. The third-order valence-electron chi connectivity index (χ3n) is 4.17. The number of likely N-dealkylation sites (tertiary alicyclic amines) is 1. The van der Waals surface area contributed by atoms with Gasteiger partial charge in [0.25, 0.3) is 5.91 Å². The van der Waals surface area contributed by atoms with Gasteiger partial charge in [-0.2, -0.15) is 0 Å². The zero-order valence-electron chi connectivity index (χ0n) is 15.8. The molecule has 0 aromatic carbocycles. The number of amides is 2. The molecular weight excluding hydrogens is 364 g/mol. The summed E-state index contributed by atoms with van der Waals surface area (Å²) in [5.41, 5.74) is 0.566. The van der Waals surface area contributed by atoms with Crippen molar-refractivity contribution in [1.82, 2.24) is 14.9 Å². The van der Waals surface area contributed by atoms with Crippen molar-refractivity contribution in [3.8, 4) is 0 Å². The van der Waals surface area contributed by atoms with Gasteiger partial charge in [-0.15, -0.1) is 11.3 Å². The summed E-state index contributed by atoms with van der Waals surface area (Å²) < 4.78 is 5.43. The number of carbonyl (C=O) groups is 2.